The molecule has 4 atom stereocenters. The van der Waals surface area contributed by atoms with Crippen LogP contribution in [-0.2, 0) is 14.4 Å². The molecule has 0 radical (unpaired) electrons. The molecule has 0 aliphatic heterocycles. The molecule has 8 nitrogen and oxygen atoms in total. The van der Waals surface area contributed by atoms with E-state index in [1.54, 1.807) is 0 Å². The second kappa shape index (κ2) is 8.70. The van der Waals surface area contributed by atoms with E-state index in [2.05, 4.69) is 5.32 Å². The number of carbonyl (C=O) groups is 3. The van der Waals surface area contributed by atoms with Crippen molar-refractivity contribution in [3.63, 3.8) is 0 Å². The van der Waals surface area contributed by atoms with Crippen LogP contribution in [0, 0.1) is 0 Å². The molecular weight excluding hydrogens is 258 g/mol. The topological polar surface area (TPSA) is 144 Å². The third-order valence-corrected chi connectivity index (χ3v) is 2.48. The highest BCUT2D eigenvalue weighted by atomic mass is 16.4. The Morgan fingerprint density at radius 2 is 1.74 bits per heavy atom. The van der Waals surface area contributed by atoms with Crippen LogP contribution in [-0.4, -0.2) is 69.4 Å². The van der Waals surface area contributed by atoms with Crippen molar-refractivity contribution in [3.05, 3.63) is 0 Å². The van der Waals surface area contributed by atoms with E-state index in [9.17, 15) is 24.6 Å². The summed E-state index contributed by atoms with van der Waals surface area (Å²) in [6.07, 6.45) is -5.13. The van der Waals surface area contributed by atoms with Gasteiger partial charge >= 0.3 is 0 Å². The zero-order valence-corrected chi connectivity index (χ0v) is 10.5. The van der Waals surface area contributed by atoms with Gasteiger partial charge in [0.15, 0.2) is 0 Å². The second-order valence-electron chi connectivity index (χ2n) is 4.16. The summed E-state index contributed by atoms with van der Waals surface area (Å²) >= 11 is 0. The summed E-state index contributed by atoms with van der Waals surface area (Å²) in [4.78, 5) is 32.8. The van der Waals surface area contributed by atoms with Gasteiger partial charge in [0.05, 0.1) is 6.61 Å². The molecule has 1 amide bonds. The highest BCUT2D eigenvalue weighted by Gasteiger charge is 2.31. The largest absolute Gasteiger partial charge is 0.394 e. The molecule has 0 aromatic rings. The number of nitrogens with one attached hydrogen (secondary N) is 1. The SMILES string of the molecule is CC(=O)CCC(=O)N[C@@H](C=O)[C@@H](O)[C@H](O)[C@H](O)CO. The van der Waals surface area contributed by atoms with Gasteiger partial charge in [-0.15, -0.1) is 0 Å². The van der Waals surface area contributed by atoms with Gasteiger partial charge in [0.2, 0.25) is 5.91 Å². The maximum Gasteiger partial charge on any atom is 0.221 e. The van der Waals surface area contributed by atoms with E-state index < -0.39 is 36.9 Å². The Morgan fingerprint density at radius 3 is 2.16 bits per heavy atom. The molecule has 110 valence electrons. The van der Waals surface area contributed by atoms with Gasteiger partial charge in [-0.2, -0.15) is 0 Å². The van der Waals surface area contributed by atoms with Gasteiger partial charge in [0, 0.05) is 12.8 Å². The van der Waals surface area contributed by atoms with Crippen LogP contribution in [0.2, 0.25) is 0 Å². The van der Waals surface area contributed by atoms with Crippen LogP contribution in [0.25, 0.3) is 0 Å². The predicted octanol–water partition coefficient (Wildman–Crippen LogP) is -2.89. The number of hydrogen-bond acceptors (Lipinski definition) is 7. The van der Waals surface area contributed by atoms with Gasteiger partial charge in [0.25, 0.3) is 0 Å². The number of Topliss-reactive ketones (excluding diaryl/α,β-unsaturated/α-hetero) is 1. The standard InChI is InChI=1S/C11H19NO7/c1-6(15)2-3-9(17)12-7(4-13)10(18)11(19)8(16)5-14/h4,7-8,10-11,14,16,18-19H,2-3,5H2,1H3,(H,12,17)/t7-,8+,10+,11+/m0/s1. The highest BCUT2D eigenvalue weighted by Crippen LogP contribution is 2.04. The van der Waals surface area contributed by atoms with Gasteiger partial charge in [-0.3, -0.25) is 4.79 Å². The van der Waals surface area contributed by atoms with Crippen molar-refractivity contribution in [2.45, 2.75) is 44.1 Å². The Balaban J connectivity index is 4.44. The van der Waals surface area contributed by atoms with E-state index in [1.165, 1.54) is 6.92 Å². The molecule has 0 fully saturated rings. The molecule has 0 bridgehead atoms. The lowest BCUT2D eigenvalue weighted by Crippen LogP contribution is -2.53. The van der Waals surface area contributed by atoms with E-state index in [0.29, 0.717) is 0 Å². The van der Waals surface area contributed by atoms with Gasteiger partial charge in [-0.25, -0.2) is 0 Å². The minimum Gasteiger partial charge on any atom is -0.394 e. The van der Waals surface area contributed by atoms with Crippen LogP contribution in [0.3, 0.4) is 0 Å². The van der Waals surface area contributed by atoms with Crippen LogP contribution < -0.4 is 5.32 Å². The van der Waals surface area contributed by atoms with E-state index >= 15 is 0 Å². The average molecular weight is 277 g/mol. The fourth-order valence-electron chi connectivity index (χ4n) is 1.30. The number of rotatable bonds is 9. The van der Waals surface area contributed by atoms with Crippen molar-refractivity contribution in [2.24, 2.45) is 0 Å². The maximum absolute atomic E-state index is 11.4. The highest BCUT2D eigenvalue weighted by molar-refractivity contribution is 5.85. The monoisotopic (exact) mass is 277 g/mol. The number of aliphatic hydroxyl groups is 4. The van der Waals surface area contributed by atoms with Gasteiger partial charge in [-0.05, 0) is 6.92 Å². The molecule has 5 N–H and O–H groups in total. The molecule has 0 aliphatic carbocycles. The molecule has 0 aromatic heterocycles. The van der Waals surface area contributed by atoms with Crippen LogP contribution in [0.5, 0.6) is 0 Å². The van der Waals surface area contributed by atoms with Crippen LogP contribution in [0.15, 0.2) is 0 Å². The third-order valence-electron chi connectivity index (χ3n) is 2.48. The zero-order chi connectivity index (χ0) is 15.0. The quantitative estimate of drug-likeness (QED) is 0.285. The van der Waals surface area contributed by atoms with E-state index in [4.69, 9.17) is 10.2 Å². The first kappa shape index (κ1) is 17.6. The number of amides is 1. The molecule has 0 saturated heterocycles. The Bertz CT molecular complexity index is 320. The first-order valence-corrected chi connectivity index (χ1v) is 5.72. The fourth-order valence-corrected chi connectivity index (χ4v) is 1.30. The Hall–Kier alpha value is -1.35. The number of hydrogen-bond donors (Lipinski definition) is 5. The van der Waals surface area contributed by atoms with Crippen molar-refractivity contribution >= 4 is 18.0 Å². The fraction of sp³-hybridized carbons (Fsp3) is 0.727. The molecule has 19 heavy (non-hydrogen) atoms. The molecule has 0 unspecified atom stereocenters. The summed E-state index contributed by atoms with van der Waals surface area (Å²) in [6, 6.07) is -1.43. The van der Waals surface area contributed by atoms with Gasteiger partial charge in [0.1, 0.15) is 36.4 Å². The number of aldehydes is 1. The lowest BCUT2D eigenvalue weighted by Gasteiger charge is -2.26. The first-order valence-electron chi connectivity index (χ1n) is 5.72. The lowest BCUT2D eigenvalue weighted by atomic mass is 10.0. The van der Waals surface area contributed by atoms with E-state index in [0.717, 1.165) is 0 Å². The van der Waals surface area contributed by atoms with Crippen molar-refractivity contribution in [1.29, 1.82) is 0 Å². The molecule has 8 heteroatoms. The maximum atomic E-state index is 11.4. The van der Waals surface area contributed by atoms with Crippen LogP contribution >= 0.6 is 0 Å². The van der Waals surface area contributed by atoms with E-state index in [1.807, 2.05) is 0 Å². The second-order valence-corrected chi connectivity index (χ2v) is 4.16. The average Bonchev–Trinajstić information content (AvgIpc) is 2.39. The van der Waals surface area contributed by atoms with Crippen LogP contribution in [0.1, 0.15) is 19.8 Å². The summed E-state index contributed by atoms with van der Waals surface area (Å²) in [5.74, 6) is -0.842. The summed E-state index contributed by atoms with van der Waals surface area (Å²) in [5, 5.41) is 38.8. The summed E-state index contributed by atoms with van der Waals surface area (Å²) in [5.41, 5.74) is 0. The molecule has 0 saturated carbocycles. The Labute approximate surface area is 110 Å². The molecule has 0 aliphatic rings. The number of ketones is 1. The lowest BCUT2D eigenvalue weighted by molar-refractivity contribution is -0.131. The summed E-state index contributed by atoms with van der Waals surface area (Å²) in [7, 11) is 0. The Morgan fingerprint density at radius 1 is 1.16 bits per heavy atom. The molecular formula is C11H19NO7. The summed E-state index contributed by atoms with van der Waals surface area (Å²) < 4.78 is 0. The minimum atomic E-state index is -1.78. The third kappa shape index (κ3) is 6.39. The number of aliphatic hydroxyl groups excluding tert-OH is 4. The van der Waals surface area contributed by atoms with Crippen molar-refractivity contribution in [1.82, 2.24) is 5.32 Å². The van der Waals surface area contributed by atoms with Gasteiger partial charge < -0.3 is 35.3 Å². The van der Waals surface area contributed by atoms with Crippen LogP contribution in [0.4, 0.5) is 0 Å². The number of carbonyl (C=O) groups excluding carboxylic acids is 3. The van der Waals surface area contributed by atoms with Gasteiger partial charge in [-0.1, -0.05) is 0 Å². The molecule has 0 rings (SSSR count). The van der Waals surface area contributed by atoms with Crippen molar-refractivity contribution < 1.29 is 34.8 Å². The molecule has 0 heterocycles. The predicted molar refractivity (Wildman–Crippen MR) is 63.0 cm³/mol. The normalized spacial score (nSPS) is 17.1. The molecule has 0 spiro atoms. The summed E-state index contributed by atoms with van der Waals surface area (Å²) in [6.45, 7) is 0.503. The smallest absolute Gasteiger partial charge is 0.221 e. The minimum absolute atomic E-state index is 0.00464. The molecule has 0 aromatic carbocycles. The van der Waals surface area contributed by atoms with Crippen molar-refractivity contribution in [3.8, 4) is 0 Å². The Kier molecular flexibility index (Phi) is 8.08. The van der Waals surface area contributed by atoms with Crippen molar-refractivity contribution in [2.75, 3.05) is 6.61 Å². The first-order chi connectivity index (χ1) is 8.83. The zero-order valence-electron chi connectivity index (χ0n) is 10.5. The van der Waals surface area contributed by atoms with E-state index in [-0.39, 0.29) is 24.9 Å².